The quantitative estimate of drug-likeness (QED) is 0.600. The summed E-state index contributed by atoms with van der Waals surface area (Å²) in [7, 11) is 0. The van der Waals surface area contributed by atoms with E-state index in [2.05, 4.69) is 17.6 Å². The summed E-state index contributed by atoms with van der Waals surface area (Å²) in [6, 6.07) is 5.51. The molecule has 2 nitrogen and oxygen atoms in total. The number of rotatable bonds is 0. The third kappa shape index (κ3) is 1.81. The lowest BCUT2D eigenvalue weighted by molar-refractivity contribution is 0.331. The van der Waals surface area contributed by atoms with E-state index in [0.717, 1.165) is 16.4 Å². The molecule has 1 aliphatic heterocycles. The zero-order valence-corrected chi connectivity index (χ0v) is 8.64. The molecule has 0 bridgehead atoms. The van der Waals surface area contributed by atoms with Crippen LogP contribution in [0.1, 0.15) is 5.56 Å². The second-order valence-electron chi connectivity index (χ2n) is 2.72. The molecule has 2 rings (SSSR count). The molecule has 13 heavy (non-hydrogen) atoms. The Kier molecular flexibility index (Phi) is 2.47. The Morgan fingerprint density at radius 3 is 3.15 bits per heavy atom. The van der Waals surface area contributed by atoms with E-state index in [9.17, 15) is 0 Å². The Morgan fingerprint density at radius 1 is 1.46 bits per heavy atom. The van der Waals surface area contributed by atoms with Gasteiger partial charge in [0, 0.05) is 17.7 Å². The second kappa shape index (κ2) is 3.60. The van der Waals surface area contributed by atoms with Crippen molar-refractivity contribution in [3.8, 4) is 5.75 Å². The molecule has 1 aromatic carbocycles. The van der Waals surface area contributed by atoms with Crippen LogP contribution in [0.2, 0.25) is 5.02 Å². The maximum atomic E-state index is 5.86. The minimum Gasteiger partial charge on any atom is -0.491 e. The van der Waals surface area contributed by atoms with Crippen LogP contribution in [0, 0.1) is 0 Å². The number of nitrogens with zero attached hydrogens (tertiary/aromatic N) is 1. The van der Waals surface area contributed by atoms with E-state index in [1.54, 1.807) is 0 Å². The summed E-state index contributed by atoms with van der Waals surface area (Å²) in [5.74, 6) is 0.829. The Balaban J connectivity index is 2.54. The molecule has 4 heteroatoms. The second-order valence-corrected chi connectivity index (χ2v) is 3.63. The highest BCUT2D eigenvalue weighted by molar-refractivity contribution is 7.78. The molecule has 0 amide bonds. The zero-order chi connectivity index (χ0) is 9.26. The summed E-state index contributed by atoms with van der Waals surface area (Å²) in [5, 5.41) is 1.49. The molecule has 0 fully saturated rings. The van der Waals surface area contributed by atoms with Gasteiger partial charge < -0.3 is 4.74 Å². The first-order valence-electron chi connectivity index (χ1n) is 3.96. The first kappa shape index (κ1) is 8.91. The monoisotopic (exact) mass is 214 g/mol. The van der Waals surface area contributed by atoms with E-state index in [1.165, 1.54) is 0 Å². The number of ether oxygens (including phenoxy) is 1. The highest BCUT2D eigenvalue weighted by Gasteiger charge is 2.15. The van der Waals surface area contributed by atoms with Crippen molar-refractivity contribution in [3.05, 3.63) is 28.8 Å². The maximum absolute atomic E-state index is 5.86. The molecule has 0 spiro atoms. The van der Waals surface area contributed by atoms with Crippen LogP contribution in [0.3, 0.4) is 0 Å². The van der Waals surface area contributed by atoms with Crippen LogP contribution in [0.15, 0.2) is 23.2 Å². The largest absolute Gasteiger partial charge is 0.491 e. The summed E-state index contributed by atoms with van der Waals surface area (Å²) in [6.07, 6.45) is 0. The summed E-state index contributed by atoms with van der Waals surface area (Å²) in [4.78, 5) is 4.25. The summed E-state index contributed by atoms with van der Waals surface area (Å²) in [5.41, 5.74) is 0.918. The molecule has 0 aliphatic carbocycles. The number of benzene rings is 1. The topological polar surface area (TPSA) is 21.6 Å². The van der Waals surface area contributed by atoms with Crippen LogP contribution in [-0.4, -0.2) is 18.2 Å². The Morgan fingerprint density at radius 2 is 2.31 bits per heavy atom. The molecule has 0 atom stereocenters. The van der Waals surface area contributed by atoms with Crippen LogP contribution < -0.4 is 4.74 Å². The van der Waals surface area contributed by atoms with Gasteiger partial charge in [-0.15, -0.1) is 0 Å². The molecule has 1 heterocycles. The molecule has 0 N–H and O–H groups in total. The highest BCUT2D eigenvalue weighted by atomic mass is 35.5. The van der Waals surface area contributed by atoms with Crippen molar-refractivity contribution in [2.75, 3.05) is 13.2 Å². The predicted octanol–water partition coefficient (Wildman–Crippen LogP) is 1.49. The Bertz CT molecular complexity index is 365. The van der Waals surface area contributed by atoms with Gasteiger partial charge in [-0.2, -0.15) is 0 Å². The summed E-state index contributed by atoms with van der Waals surface area (Å²) in [6.45, 7) is 1.29. The average molecular weight is 215 g/mol. The normalized spacial score (nSPS) is 15.4. The first-order chi connectivity index (χ1) is 6.27. The van der Waals surface area contributed by atoms with Crippen LogP contribution >= 0.6 is 11.6 Å². The van der Waals surface area contributed by atoms with Gasteiger partial charge in [0.2, 0.25) is 5.04 Å². The molecule has 0 unspecified atom stereocenters. The van der Waals surface area contributed by atoms with Crippen molar-refractivity contribution >= 4 is 29.3 Å². The number of hydrogen-bond donors (Lipinski definition) is 0. The SMILES string of the molecule is [SH2+]C1=NCCOc2ccc(Cl)cc21. The number of aliphatic imine (C=N–C) groups is 1. The van der Waals surface area contributed by atoms with Gasteiger partial charge >= 0.3 is 0 Å². The number of fused-ring (bicyclic) bond motifs is 1. The van der Waals surface area contributed by atoms with E-state index in [1.807, 2.05) is 18.2 Å². The fourth-order valence-electron chi connectivity index (χ4n) is 1.21. The van der Waals surface area contributed by atoms with Gasteiger partial charge in [-0.1, -0.05) is 11.6 Å². The molecule has 0 aromatic heterocycles. The van der Waals surface area contributed by atoms with Crippen LogP contribution in [0.5, 0.6) is 5.75 Å². The van der Waals surface area contributed by atoms with Crippen molar-refractivity contribution in [1.29, 1.82) is 0 Å². The summed E-state index contributed by atoms with van der Waals surface area (Å²) < 4.78 is 5.47. The van der Waals surface area contributed by atoms with Crippen molar-refractivity contribution in [1.82, 2.24) is 0 Å². The van der Waals surface area contributed by atoms with E-state index in [0.29, 0.717) is 18.2 Å². The van der Waals surface area contributed by atoms with Crippen LogP contribution in [0.4, 0.5) is 0 Å². The van der Waals surface area contributed by atoms with Gasteiger partial charge in [0.15, 0.2) is 0 Å². The molecular formula is C9H9ClNOS+. The van der Waals surface area contributed by atoms with Gasteiger partial charge in [-0.05, 0) is 18.2 Å². The molecule has 0 saturated heterocycles. The minimum atomic E-state index is 0.614. The van der Waals surface area contributed by atoms with Gasteiger partial charge in [0.1, 0.15) is 12.4 Å². The van der Waals surface area contributed by atoms with Crippen LogP contribution in [-0.2, 0) is 12.6 Å². The molecular weight excluding hydrogens is 206 g/mol. The lowest BCUT2D eigenvalue weighted by Gasteiger charge is -2.04. The van der Waals surface area contributed by atoms with Crippen molar-refractivity contribution in [2.24, 2.45) is 4.99 Å². The Labute approximate surface area is 87.0 Å². The third-order valence-electron chi connectivity index (χ3n) is 1.82. The predicted molar refractivity (Wildman–Crippen MR) is 58.5 cm³/mol. The minimum absolute atomic E-state index is 0.614. The molecule has 68 valence electrons. The van der Waals surface area contributed by atoms with E-state index >= 15 is 0 Å². The molecule has 0 saturated carbocycles. The van der Waals surface area contributed by atoms with Gasteiger partial charge in [0.05, 0.1) is 12.1 Å². The average Bonchev–Trinajstić information content (AvgIpc) is 2.29. The van der Waals surface area contributed by atoms with Crippen molar-refractivity contribution in [3.63, 3.8) is 0 Å². The van der Waals surface area contributed by atoms with E-state index in [4.69, 9.17) is 16.3 Å². The maximum Gasteiger partial charge on any atom is 0.248 e. The fraction of sp³-hybridized carbons (Fsp3) is 0.222. The smallest absolute Gasteiger partial charge is 0.248 e. The van der Waals surface area contributed by atoms with Crippen molar-refractivity contribution in [2.45, 2.75) is 0 Å². The van der Waals surface area contributed by atoms with Gasteiger partial charge in [-0.3, -0.25) is 0 Å². The molecule has 1 aromatic rings. The third-order valence-corrected chi connectivity index (χ3v) is 2.48. The highest BCUT2D eigenvalue weighted by Crippen LogP contribution is 2.24. The standard InChI is InChI=1S/C9H8ClNOS/c10-6-1-2-8-7(5-6)9(13)11-3-4-12-8/h1-2,5H,3-4H2,(H,11,13)/p+1. The van der Waals surface area contributed by atoms with E-state index in [-0.39, 0.29) is 0 Å². The summed E-state index contributed by atoms with van der Waals surface area (Å²) >= 11 is 9.30. The fourth-order valence-corrected chi connectivity index (χ4v) is 1.69. The van der Waals surface area contributed by atoms with Gasteiger partial charge in [0.25, 0.3) is 0 Å². The lowest BCUT2D eigenvalue weighted by atomic mass is 10.2. The van der Waals surface area contributed by atoms with Gasteiger partial charge in [-0.25, -0.2) is 4.99 Å². The zero-order valence-electron chi connectivity index (χ0n) is 6.88. The molecule has 0 radical (unpaired) electrons. The number of hydrogen-bond acceptors (Lipinski definition) is 2. The lowest BCUT2D eigenvalue weighted by Crippen LogP contribution is -1.99. The van der Waals surface area contributed by atoms with Crippen molar-refractivity contribution < 1.29 is 4.74 Å². The van der Waals surface area contributed by atoms with Crippen LogP contribution in [0.25, 0.3) is 0 Å². The van der Waals surface area contributed by atoms with E-state index < -0.39 is 0 Å². The molecule has 1 aliphatic rings. The Hall–Kier alpha value is -0.670. The number of halogens is 1. The first-order valence-corrected chi connectivity index (χ1v) is 4.84.